The predicted octanol–water partition coefficient (Wildman–Crippen LogP) is 3.03. The molecule has 1 aromatic rings. The molecule has 0 atom stereocenters. The molecule has 0 spiro atoms. The Morgan fingerprint density at radius 2 is 2.00 bits per heavy atom. The summed E-state index contributed by atoms with van der Waals surface area (Å²) >= 11 is 6.06. The molecule has 0 aromatic heterocycles. The Bertz CT molecular complexity index is 334. The van der Waals surface area contributed by atoms with E-state index in [2.05, 4.69) is 5.32 Å². The van der Waals surface area contributed by atoms with Crippen LogP contribution in [0.25, 0.3) is 0 Å². The minimum atomic E-state index is 0.337. The zero-order valence-electron chi connectivity index (χ0n) is 9.32. The second-order valence-corrected chi connectivity index (χ2v) is 5.12. The molecule has 2 nitrogen and oxygen atoms in total. The Morgan fingerprint density at radius 3 is 2.69 bits per heavy atom. The number of hydrogen-bond acceptors (Lipinski definition) is 2. The molecule has 1 fully saturated rings. The van der Waals surface area contributed by atoms with E-state index >= 15 is 0 Å². The van der Waals surface area contributed by atoms with Crippen LogP contribution in [0.2, 0.25) is 0 Å². The number of phenols is 1. The second-order valence-electron chi connectivity index (χ2n) is 4.50. The van der Waals surface area contributed by atoms with E-state index in [4.69, 9.17) is 11.6 Å². The van der Waals surface area contributed by atoms with Crippen LogP contribution in [0, 0.1) is 0 Å². The topological polar surface area (TPSA) is 32.3 Å². The molecule has 1 aliphatic carbocycles. The van der Waals surface area contributed by atoms with Crippen molar-refractivity contribution in [2.24, 2.45) is 0 Å². The molecule has 2 N–H and O–H groups in total. The molecule has 0 aliphatic heterocycles. The van der Waals surface area contributed by atoms with Crippen molar-refractivity contribution in [2.45, 2.75) is 43.6 Å². The van der Waals surface area contributed by atoms with Crippen molar-refractivity contribution in [1.29, 1.82) is 0 Å². The van der Waals surface area contributed by atoms with E-state index in [1.807, 2.05) is 12.1 Å². The van der Waals surface area contributed by atoms with Gasteiger partial charge in [-0.2, -0.15) is 0 Å². The highest BCUT2D eigenvalue weighted by atomic mass is 35.5. The van der Waals surface area contributed by atoms with E-state index in [0.717, 1.165) is 37.8 Å². The third kappa shape index (κ3) is 3.39. The first kappa shape index (κ1) is 11.7. The fraction of sp³-hybridized carbons (Fsp3) is 0.538. The van der Waals surface area contributed by atoms with Crippen molar-refractivity contribution in [3.05, 3.63) is 29.8 Å². The molecule has 16 heavy (non-hydrogen) atoms. The number of alkyl halides is 1. The normalized spacial score (nSPS) is 25.6. The van der Waals surface area contributed by atoms with E-state index in [1.54, 1.807) is 12.1 Å². The van der Waals surface area contributed by atoms with Gasteiger partial charge in [0, 0.05) is 18.0 Å². The summed E-state index contributed by atoms with van der Waals surface area (Å²) in [5, 5.41) is 13.2. The lowest BCUT2D eigenvalue weighted by Crippen LogP contribution is -2.32. The van der Waals surface area contributed by atoms with E-state index in [0.29, 0.717) is 17.2 Å². The lowest BCUT2D eigenvalue weighted by Gasteiger charge is -2.26. The fourth-order valence-electron chi connectivity index (χ4n) is 2.19. The molecule has 0 saturated heterocycles. The molecule has 2 rings (SSSR count). The van der Waals surface area contributed by atoms with Crippen LogP contribution in [0.3, 0.4) is 0 Å². The van der Waals surface area contributed by atoms with E-state index in [-0.39, 0.29) is 0 Å². The zero-order chi connectivity index (χ0) is 11.4. The van der Waals surface area contributed by atoms with Crippen LogP contribution < -0.4 is 5.32 Å². The molecular weight excluding hydrogens is 222 g/mol. The quantitative estimate of drug-likeness (QED) is 0.795. The number of nitrogens with one attached hydrogen (secondary N) is 1. The number of rotatable bonds is 3. The van der Waals surface area contributed by atoms with E-state index < -0.39 is 0 Å². The van der Waals surface area contributed by atoms with Crippen molar-refractivity contribution in [3.8, 4) is 5.75 Å². The molecule has 0 unspecified atom stereocenters. The Kier molecular flexibility index (Phi) is 4.08. The van der Waals surface area contributed by atoms with Crippen molar-refractivity contribution in [1.82, 2.24) is 5.32 Å². The smallest absolute Gasteiger partial charge is 0.115 e. The first-order chi connectivity index (χ1) is 7.74. The number of aromatic hydroxyl groups is 1. The van der Waals surface area contributed by atoms with Gasteiger partial charge in [0.2, 0.25) is 0 Å². The lowest BCUT2D eigenvalue weighted by atomic mass is 9.95. The number of hydrogen-bond donors (Lipinski definition) is 2. The van der Waals surface area contributed by atoms with Crippen LogP contribution >= 0.6 is 11.6 Å². The third-order valence-electron chi connectivity index (χ3n) is 3.16. The maximum Gasteiger partial charge on any atom is 0.115 e. The van der Waals surface area contributed by atoms with Gasteiger partial charge in [-0.1, -0.05) is 12.1 Å². The van der Waals surface area contributed by atoms with Crippen LogP contribution in [-0.4, -0.2) is 16.5 Å². The maximum atomic E-state index is 9.34. The van der Waals surface area contributed by atoms with Crippen LogP contribution in [0.15, 0.2) is 24.3 Å². The predicted molar refractivity (Wildman–Crippen MR) is 66.8 cm³/mol. The zero-order valence-corrected chi connectivity index (χ0v) is 10.1. The van der Waals surface area contributed by atoms with Crippen molar-refractivity contribution in [3.63, 3.8) is 0 Å². The van der Waals surface area contributed by atoms with E-state index in [9.17, 15) is 5.11 Å². The summed E-state index contributed by atoms with van der Waals surface area (Å²) in [5.41, 5.74) is 1.13. The molecule has 88 valence electrons. The molecule has 3 heteroatoms. The van der Waals surface area contributed by atoms with Gasteiger partial charge in [0.15, 0.2) is 0 Å². The van der Waals surface area contributed by atoms with Crippen molar-refractivity contribution < 1.29 is 5.11 Å². The first-order valence-corrected chi connectivity index (χ1v) is 6.33. The maximum absolute atomic E-state index is 9.34. The van der Waals surface area contributed by atoms with Gasteiger partial charge in [-0.25, -0.2) is 0 Å². The average molecular weight is 240 g/mol. The Balaban J connectivity index is 1.79. The van der Waals surface area contributed by atoms with Crippen LogP contribution in [-0.2, 0) is 6.54 Å². The number of benzene rings is 1. The molecular formula is C13H18ClNO. The third-order valence-corrected chi connectivity index (χ3v) is 3.60. The molecule has 0 amide bonds. The van der Waals surface area contributed by atoms with Crippen LogP contribution in [0.1, 0.15) is 31.2 Å². The Labute approximate surface area is 102 Å². The number of phenolic OH excluding ortho intramolecular Hbond substituents is 1. The van der Waals surface area contributed by atoms with Crippen LogP contribution in [0.4, 0.5) is 0 Å². The summed E-state index contributed by atoms with van der Waals surface area (Å²) in [6, 6.07) is 7.99. The van der Waals surface area contributed by atoms with Gasteiger partial charge in [0.1, 0.15) is 5.75 Å². The molecule has 0 radical (unpaired) electrons. The number of halogens is 1. The summed E-state index contributed by atoms with van der Waals surface area (Å²) in [6.45, 7) is 0.825. The van der Waals surface area contributed by atoms with Gasteiger partial charge < -0.3 is 10.4 Å². The lowest BCUT2D eigenvalue weighted by molar-refractivity contribution is 0.376. The highest BCUT2D eigenvalue weighted by molar-refractivity contribution is 6.20. The summed E-state index contributed by atoms with van der Waals surface area (Å²) in [5.74, 6) is 0.337. The Morgan fingerprint density at radius 1 is 1.25 bits per heavy atom. The van der Waals surface area contributed by atoms with Gasteiger partial charge >= 0.3 is 0 Å². The standard InChI is InChI=1S/C13H18ClNO/c14-11-4-6-12(7-5-11)15-9-10-2-1-3-13(16)8-10/h1-3,8,11-12,15-16H,4-7,9H2. The average Bonchev–Trinajstić information content (AvgIpc) is 2.28. The summed E-state index contributed by atoms with van der Waals surface area (Å²) in [7, 11) is 0. The van der Waals surface area contributed by atoms with Crippen LogP contribution in [0.5, 0.6) is 5.75 Å². The highest BCUT2D eigenvalue weighted by Crippen LogP contribution is 2.23. The summed E-state index contributed by atoms with van der Waals surface area (Å²) in [6.07, 6.45) is 4.54. The minimum absolute atomic E-state index is 0.337. The van der Waals surface area contributed by atoms with Gasteiger partial charge in [0.25, 0.3) is 0 Å². The van der Waals surface area contributed by atoms with Gasteiger partial charge in [-0.05, 0) is 43.4 Å². The fourth-order valence-corrected chi connectivity index (χ4v) is 2.44. The summed E-state index contributed by atoms with van der Waals surface area (Å²) < 4.78 is 0. The second kappa shape index (κ2) is 5.55. The van der Waals surface area contributed by atoms with Crippen molar-refractivity contribution >= 4 is 11.6 Å². The Hall–Kier alpha value is -0.730. The van der Waals surface area contributed by atoms with Gasteiger partial charge in [-0.15, -0.1) is 11.6 Å². The molecule has 0 heterocycles. The highest BCUT2D eigenvalue weighted by Gasteiger charge is 2.18. The monoisotopic (exact) mass is 239 g/mol. The first-order valence-electron chi connectivity index (χ1n) is 5.89. The molecule has 1 aliphatic rings. The molecule has 0 bridgehead atoms. The van der Waals surface area contributed by atoms with Crippen molar-refractivity contribution in [2.75, 3.05) is 0 Å². The van der Waals surface area contributed by atoms with E-state index in [1.165, 1.54) is 0 Å². The van der Waals surface area contributed by atoms with Gasteiger partial charge in [0.05, 0.1) is 0 Å². The molecule has 1 saturated carbocycles. The summed E-state index contributed by atoms with van der Waals surface area (Å²) in [4.78, 5) is 0. The largest absolute Gasteiger partial charge is 0.508 e. The van der Waals surface area contributed by atoms with Gasteiger partial charge in [-0.3, -0.25) is 0 Å². The molecule has 1 aromatic carbocycles. The minimum Gasteiger partial charge on any atom is -0.508 e. The SMILES string of the molecule is Oc1cccc(CNC2CCC(Cl)CC2)c1.